The average Bonchev–Trinajstić information content (AvgIpc) is 3.42. The molecule has 1 saturated heterocycles. The highest BCUT2D eigenvalue weighted by Gasteiger charge is 2.27. The third kappa shape index (κ3) is 4.36. The molecule has 0 saturated carbocycles. The molecule has 0 spiro atoms. The number of hydrogen-bond acceptors (Lipinski definition) is 6. The predicted molar refractivity (Wildman–Crippen MR) is 120 cm³/mol. The van der Waals surface area contributed by atoms with Crippen molar-refractivity contribution >= 4 is 17.5 Å². The number of rotatable bonds is 6. The molecule has 10 heteroatoms. The number of amides is 2. The summed E-state index contributed by atoms with van der Waals surface area (Å²) >= 11 is 0. The van der Waals surface area contributed by atoms with Gasteiger partial charge in [-0.1, -0.05) is 13.8 Å². The molecule has 0 bridgehead atoms. The second kappa shape index (κ2) is 9.07. The van der Waals surface area contributed by atoms with Gasteiger partial charge in [0.2, 0.25) is 5.91 Å². The zero-order chi connectivity index (χ0) is 22.8. The third-order valence-electron chi connectivity index (χ3n) is 6.01. The highest BCUT2D eigenvalue weighted by atomic mass is 16.2. The van der Waals surface area contributed by atoms with Gasteiger partial charge in [0.1, 0.15) is 6.33 Å². The summed E-state index contributed by atoms with van der Waals surface area (Å²) < 4.78 is 1.74. The topological polar surface area (TPSA) is 120 Å². The lowest BCUT2D eigenvalue weighted by molar-refractivity contribution is -0.122. The van der Waals surface area contributed by atoms with Crippen molar-refractivity contribution in [1.82, 2.24) is 40.3 Å². The van der Waals surface area contributed by atoms with Gasteiger partial charge < -0.3 is 10.6 Å². The van der Waals surface area contributed by atoms with Crippen molar-refractivity contribution in [1.29, 1.82) is 0 Å². The fraction of sp³-hybridized carbons (Fsp3) is 0.500. The number of nitrogens with one attached hydrogen (secondary N) is 3. The Kier molecular flexibility index (Phi) is 6.22. The van der Waals surface area contributed by atoms with Crippen LogP contribution < -0.4 is 10.6 Å². The predicted octanol–water partition coefficient (Wildman–Crippen LogP) is 1.49. The molecule has 4 rings (SSSR count). The van der Waals surface area contributed by atoms with E-state index >= 15 is 0 Å². The largest absolute Gasteiger partial charge is 0.358 e. The molecule has 0 atom stereocenters. The summed E-state index contributed by atoms with van der Waals surface area (Å²) in [7, 11) is 1.64. The fourth-order valence-corrected chi connectivity index (χ4v) is 4.31. The van der Waals surface area contributed by atoms with Gasteiger partial charge in [0.15, 0.2) is 11.3 Å². The maximum Gasteiger partial charge on any atom is 0.272 e. The van der Waals surface area contributed by atoms with Crippen LogP contribution in [0.1, 0.15) is 54.2 Å². The second-order valence-electron chi connectivity index (χ2n) is 8.65. The maximum absolute atomic E-state index is 13.1. The number of carbonyl (C=O) groups excluding carboxylic acids is 2. The molecule has 0 unspecified atom stereocenters. The molecule has 0 radical (unpaired) electrons. The lowest BCUT2D eigenvalue weighted by Crippen LogP contribution is -2.47. The van der Waals surface area contributed by atoms with Crippen LogP contribution in [0, 0.1) is 6.92 Å². The first-order chi connectivity index (χ1) is 15.4. The number of aromatic amines is 1. The van der Waals surface area contributed by atoms with Crippen LogP contribution in [0.15, 0.2) is 18.6 Å². The summed E-state index contributed by atoms with van der Waals surface area (Å²) in [6, 6.07) is 2.10. The van der Waals surface area contributed by atoms with Crippen LogP contribution >= 0.6 is 0 Å². The number of carbonyl (C=O) groups is 2. The molecule has 0 aromatic carbocycles. The molecule has 0 aliphatic carbocycles. The van der Waals surface area contributed by atoms with E-state index in [2.05, 4.69) is 49.7 Å². The van der Waals surface area contributed by atoms with Gasteiger partial charge in [-0.3, -0.25) is 19.6 Å². The molecule has 1 fully saturated rings. The van der Waals surface area contributed by atoms with E-state index < -0.39 is 0 Å². The number of fused-ring (bicyclic) bond motifs is 1. The molecule has 4 heterocycles. The Bertz CT molecular complexity index is 1120. The zero-order valence-corrected chi connectivity index (χ0v) is 19.0. The van der Waals surface area contributed by atoms with Crippen LogP contribution in [0.5, 0.6) is 0 Å². The smallest absolute Gasteiger partial charge is 0.272 e. The standard InChI is InChI=1S/C22H30N8O2/c1-13(2)18-19(15-9-14(3)21-24-12-25-30(21)10-15)27-28-20(18)22(32)26-16-5-7-29(8-6-16)11-17(31)23-4/h9-10,12-13,16H,5-8,11H2,1-4H3,(H,23,31)(H,26,32)(H,27,28). The molecule has 1 aliphatic rings. The summed E-state index contributed by atoms with van der Waals surface area (Å²) in [4.78, 5) is 31.1. The Hall–Kier alpha value is -3.27. The van der Waals surface area contributed by atoms with Crippen molar-refractivity contribution < 1.29 is 9.59 Å². The van der Waals surface area contributed by atoms with Crippen molar-refractivity contribution in [3.8, 4) is 11.3 Å². The van der Waals surface area contributed by atoms with E-state index in [4.69, 9.17) is 0 Å². The van der Waals surface area contributed by atoms with Crippen molar-refractivity contribution in [2.45, 2.75) is 45.6 Å². The summed E-state index contributed by atoms with van der Waals surface area (Å²) in [5.74, 6) is -0.0532. The van der Waals surface area contributed by atoms with Crippen molar-refractivity contribution in [3.63, 3.8) is 0 Å². The minimum Gasteiger partial charge on any atom is -0.358 e. The molecule has 170 valence electrons. The Morgan fingerprint density at radius 1 is 1.28 bits per heavy atom. The van der Waals surface area contributed by atoms with Crippen LogP contribution in [0.2, 0.25) is 0 Å². The Morgan fingerprint density at radius 3 is 2.72 bits per heavy atom. The second-order valence-corrected chi connectivity index (χ2v) is 8.65. The number of likely N-dealkylation sites (N-methyl/N-ethyl adjacent to an activating group) is 1. The normalized spacial score (nSPS) is 15.4. The van der Waals surface area contributed by atoms with Crippen LogP contribution in [0.4, 0.5) is 0 Å². The number of H-pyrrole nitrogens is 1. The van der Waals surface area contributed by atoms with Gasteiger partial charge in [-0.05, 0) is 37.3 Å². The minimum atomic E-state index is -0.167. The summed E-state index contributed by atoms with van der Waals surface area (Å²) in [6.07, 6.45) is 5.04. The molecule has 3 N–H and O–H groups in total. The number of aryl methyl sites for hydroxylation is 1. The molecule has 10 nitrogen and oxygen atoms in total. The van der Waals surface area contributed by atoms with Gasteiger partial charge in [-0.25, -0.2) is 9.50 Å². The number of hydrogen-bond donors (Lipinski definition) is 3. The van der Waals surface area contributed by atoms with E-state index in [1.807, 2.05) is 19.2 Å². The lowest BCUT2D eigenvalue weighted by Gasteiger charge is -2.31. The maximum atomic E-state index is 13.1. The number of piperidine rings is 1. The highest BCUT2D eigenvalue weighted by Crippen LogP contribution is 2.31. The van der Waals surface area contributed by atoms with Gasteiger partial charge in [0.05, 0.1) is 12.2 Å². The number of likely N-dealkylation sites (tertiary alicyclic amines) is 1. The summed E-state index contributed by atoms with van der Waals surface area (Å²) in [5, 5.41) is 17.5. The van der Waals surface area contributed by atoms with E-state index in [1.54, 1.807) is 11.6 Å². The van der Waals surface area contributed by atoms with E-state index in [0.717, 1.165) is 54.0 Å². The van der Waals surface area contributed by atoms with Crippen LogP contribution in [0.3, 0.4) is 0 Å². The van der Waals surface area contributed by atoms with Gasteiger partial charge in [0, 0.05) is 43.5 Å². The van der Waals surface area contributed by atoms with Gasteiger partial charge in [0.25, 0.3) is 5.91 Å². The Balaban J connectivity index is 1.51. The molecule has 1 aliphatic heterocycles. The van der Waals surface area contributed by atoms with Crippen molar-refractivity contribution in [2.24, 2.45) is 0 Å². The van der Waals surface area contributed by atoms with E-state index in [0.29, 0.717) is 12.2 Å². The molecular formula is C22H30N8O2. The Morgan fingerprint density at radius 2 is 2.03 bits per heavy atom. The van der Waals surface area contributed by atoms with E-state index in [9.17, 15) is 9.59 Å². The number of pyridine rings is 1. The fourth-order valence-electron chi connectivity index (χ4n) is 4.31. The zero-order valence-electron chi connectivity index (χ0n) is 19.0. The average molecular weight is 439 g/mol. The minimum absolute atomic E-state index is 0.0115. The lowest BCUT2D eigenvalue weighted by atomic mass is 9.96. The number of nitrogens with zero attached hydrogens (tertiary/aromatic N) is 5. The van der Waals surface area contributed by atoms with Gasteiger partial charge in [-0.2, -0.15) is 10.2 Å². The first-order valence-corrected chi connectivity index (χ1v) is 11.0. The van der Waals surface area contributed by atoms with Crippen LogP contribution in [0.25, 0.3) is 16.9 Å². The first-order valence-electron chi connectivity index (χ1n) is 11.0. The van der Waals surface area contributed by atoms with Gasteiger partial charge in [-0.15, -0.1) is 0 Å². The monoisotopic (exact) mass is 438 g/mol. The molecular weight excluding hydrogens is 408 g/mol. The van der Waals surface area contributed by atoms with Crippen molar-refractivity contribution in [3.05, 3.63) is 35.4 Å². The van der Waals surface area contributed by atoms with Crippen LogP contribution in [-0.4, -0.2) is 74.2 Å². The van der Waals surface area contributed by atoms with Crippen molar-refractivity contribution in [2.75, 3.05) is 26.7 Å². The van der Waals surface area contributed by atoms with Gasteiger partial charge >= 0.3 is 0 Å². The Labute approximate surface area is 186 Å². The van der Waals surface area contributed by atoms with E-state index in [1.165, 1.54) is 6.33 Å². The molecule has 3 aromatic rings. The quantitative estimate of drug-likeness (QED) is 0.536. The first kappa shape index (κ1) is 21.9. The summed E-state index contributed by atoms with van der Waals surface area (Å²) in [5.41, 5.74) is 4.86. The third-order valence-corrected chi connectivity index (χ3v) is 6.01. The van der Waals surface area contributed by atoms with E-state index in [-0.39, 0.29) is 23.8 Å². The molecule has 2 amide bonds. The SMILES string of the molecule is CNC(=O)CN1CCC(NC(=O)c2n[nH]c(-c3cc(C)c4ncnn4c3)c2C(C)C)CC1. The summed E-state index contributed by atoms with van der Waals surface area (Å²) in [6.45, 7) is 8.05. The highest BCUT2D eigenvalue weighted by molar-refractivity contribution is 5.96. The molecule has 3 aromatic heterocycles. The molecule has 32 heavy (non-hydrogen) atoms. The van der Waals surface area contributed by atoms with Crippen LogP contribution in [-0.2, 0) is 4.79 Å². The number of aromatic nitrogens is 5.